The molecule has 0 amide bonds. The van der Waals surface area contributed by atoms with Crippen LogP contribution < -0.4 is 0 Å². The Hall–Kier alpha value is -1.01. The van der Waals surface area contributed by atoms with Crippen molar-refractivity contribution < 1.29 is 18.0 Å². The van der Waals surface area contributed by atoms with E-state index in [1.807, 2.05) is 0 Å². The maximum absolute atomic E-state index is 12.5. The van der Waals surface area contributed by atoms with Crippen molar-refractivity contribution in [3.63, 3.8) is 0 Å². The van der Waals surface area contributed by atoms with E-state index in [2.05, 4.69) is 4.98 Å². The molecule has 0 aliphatic heterocycles. The van der Waals surface area contributed by atoms with Crippen molar-refractivity contribution in [2.24, 2.45) is 0 Å². The smallest absolute Gasteiger partial charge is 0.288 e. The summed E-state index contributed by atoms with van der Waals surface area (Å²) in [6.45, 7) is 1.46. The van der Waals surface area contributed by atoms with Gasteiger partial charge in [0.05, 0.1) is 5.56 Å². The molecule has 2 nitrogen and oxygen atoms in total. The lowest BCUT2D eigenvalue weighted by atomic mass is 10.2. The Balaban J connectivity index is 2.72. The summed E-state index contributed by atoms with van der Waals surface area (Å²) >= 11 is 6.88. The van der Waals surface area contributed by atoms with Gasteiger partial charge in [0.2, 0.25) is 0 Å². The molecule has 104 valence electrons. The van der Waals surface area contributed by atoms with E-state index in [4.69, 9.17) is 11.6 Å². The molecule has 7 heteroatoms. The van der Waals surface area contributed by atoms with Gasteiger partial charge >= 0.3 is 6.18 Å². The molecule has 0 fully saturated rings. The average molecular weight is 310 g/mol. The number of pyridine rings is 1. The Morgan fingerprint density at radius 1 is 1.53 bits per heavy atom. The van der Waals surface area contributed by atoms with E-state index < -0.39 is 11.7 Å². The Bertz CT molecular complexity index is 488. The van der Waals surface area contributed by atoms with Crippen molar-refractivity contribution in [1.29, 1.82) is 0 Å². The number of hydrogen-bond acceptors (Lipinski definition) is 3. The Kier molecular flexibility index (Phi) is 5.87. The van der Waals surface area contributed by atoms with Crippen molar-refractivity contribution in [1.82, 2.24) is 4.98 Å². The molecule has 1 aromatic rings. The number of thioether (sulfide) groups is 1. The Morgan fingerprint density at radius 2 is 2.21 bits per heavy atom. The molecular formula is C12H11ClF3NOS. The number of halogens is 4. The van der Waals surface area contributed by atoms with E-state index in [0.29, 0.717) is 18.4 Å². The van der Waals surface area contributed by atoms with Crippen LogP contribution in [0, 0.1) is 0 Å². The van der Waals surface area contributed by atoms with Crippen LogP contribution in [0.3, 0.4) is 0 Å². The van der Waals surface area contributed by atoms with Crippen molar-refractivity contribution in [3.8, 4) is 0 Å². The maximum atomic E-state index is 12.5. The highest BCUT2D eigenvalue weighted by molar-refractivity contribution is 8.13. The molecule has 0 saturated carbocycles. The minimum Gasteiger partial charge on any atom is -0.288 e. The quantitative estimate of drug-likeness (QED) is 0.608. The first-order valence-electron chi connectivity index (χ1n) is 5.33. The van der Waals surface area contributed by atoms with E-state index in [1.54, 1.807) is 6.08 Å². The summed E-state index contributed by atoms with van der Waals surface area (Å²) in [5.74, 6) is 0.579. The normalized spacial score (nSPS) is 12.1. The lowest BCUT2D eigenvalue weighted by Crippen LogP contribution is -2.05. The summed E-state index contributed by atoms with van der Waals surface area (Å²) in [4.78, 5) is 14.2. The molecule has 0 radical (unpaired) electrons. The summed E-state index contributed by atoms with van der Waals surface area (Å²) in [5, 5.41) is 0.0237. The summed E-state index contributed by atoms with van der Waals surface area (Å²) in [5.41, 5.74) is -0.626. The van der Waals surface area contributed by atoms with E-state index in [0.717, 1.165) is 17.8 Å². The van der Waals surface area contributed by atoms with Crippen LogP contribution in [-0.2, 0) is 11.0 Å². The predicted molar refractivity (Wildman–Crippen MR) is 71.0 cm³/mol. The second-order valence-corrected chi connectivity index (χ2v) is 5.26. The fraction of sp³-hybridized carbons (Fsp3) is 0.333. The summed E-state index contributed by atoms with van der Waals surface area (Å²) in [6, 6.07) is 0.948. The zero-order valence-corrected chi connectivity index (χ0v) is 11.6. The van der Waals surface area contributed by atoms with Crippen LogP contribution in [0.2, 0.25) is 5.15 Å². The second-order valence-electron chi connectivity index (χ2n) is 3.63. The van der Waals surface area contributed by atoms with Gasteiger partial charge < -0.3 is 0 Å². The van der Waals surface area contributed by atoms with Crippen molar-refractivity contribution in [2.45, 2.75) is 19.5 Å². The van der Waals surface area contributed by atoms with Crippen LogP contribution in [-0.4, -0.2) is 15.9 Å². The fourth-order valence-electron chi connectivity index (χ4n) is 1.22. The van der Waals surface area contributed by atoms with Gasteiger partial charge in [-0.15, -0.1) is 0 Å². The number of nitrogens with zero attached hydrogens (tertiary/aromatic N) is 1. The van der Waals surface area contributed by atoms with Crippen LogP contribution in [0.25, 0.3) is 6.08 Å². The third-order valence-corrected chi connectivity index (χ3v) is 3.24. The number of alkyl halides is 3. The molecule has 1 rings (SSSR count). The average Bonchev–Trinajstić information content (AvgIpc) is 2.29. The van der Waals surface area contributed by atoms with Gasteiger partial charge in [-0.1, -0.05) is 35.5 Å². The predicted octanol–water partition coefficient (Wildman–Crippen LogP) is 4.44. The van der Waals surface area contributed by atoms with E-state index in [1.165, 1.54) is 13.0 Å². The zero-order valence-electron chi connectivity index (χ0n) is 10.00. The van der Waals surface area contributed by atoms with Gasteiger partial charge in [-0.25, -0.2) is 4.98 Å². The molecule has 19 heavy (non-hydrogen) atoms. The standard InChI is InChI=1S/C12H11ClF3NOS/c1-8(18)19-5-3-2-4-9-6-10(12(14,15)16)7-17-11(9)13/h2,4,6-7H,3,5H2,1H3. The van der Waals surface area contributed by atoms with Crippen molar-refractivity contribution in [3.05, 3.63) is 34.6 Å². The molecule has 0 spiro atoms. The Morgan fingerprint density at radius 3 is 2.79 bits per heavy atom. The van der Waals surface area contributed by atoms with Gasteiger partial charge in [0, 0.05) is 24.4 Å². The highest BCUT2D eigenvalue weighted by Gasteiger charge is 2.31. The third kappa shape index (κ3) is 5.65. The molecule has 0 atom stereocenters. The van der Waals surface area contributed by atoms with Gasteiger partial charge in [0.1, 0.15) is 5.15 Å². The monoisotopic (exact) mass is 309 g/mol. The van der Waals surface area contributed by atoms with Crippen LogP contribution in [0.15, 0.2) is 18.3 Å². The van der Waals surface area contributed by atoms with E-state index in [-0.39, 0.29) is 15.8 Å². The molecule has 0 N–H and O–H groups in total. The minimum absolute atomic E-state index is 0.00664. The van der Waals surface area contributed by atoms with Crippen LogP contribution in [0.1, 0.15) is 24.5 Å². The SMILES string of the molecule is CC(=O)SCCC=Cc1cc(C(F)(F)F)cnc1Cl. The molecule has 0 saturated heterocycles. The molecule has 0 bridgehead atoms. The molecule has 0 unspecified atom stereocenters. The molecule has 1 aromatic heterocycles. The summed E-state index contributed by atoms with van der Waals surface area (Å²) < 4.78 is 37.5. The van der Waals surface area contributed by atoms with Crippen LogP contribution >= 0.6 is 23.4 Å². The highest BCUT2D eigenvalue weighted by Crippen LogP contribution is 2.30. The lowest BCUT2D eigenvalue weighted by Gasteiger charge is -2.07. The molecule has 0 aliphatic carbocycles. The molecular weight excluding hydrogens is 299 g/mol. The molecule has 1 heterocycles. The summed E-state index contributed by atoms with van der Waals surface area (Å²) in [7, 11) is 0. The van der Waals surface area contributed by atoms with Gasteiger partial charge in [-0.2, -0.15) is 13.2 Å². The lowest BCUT2D eigenvalue weighted by molar-refractivity contribution is -0.137. The van der Waals surface area contributed by atoms with Gasteiger partial charge in [-0.05, 0) is 12.5 Å². The maximum Gasteiger partial charge on any atom is 0.417 e. The number of aromatic nitrogens is 1. The Labute approximate surface area is 118 Å². The van der Waals surface area contributed by atoms with Gasteiger partial charge in [0.15, 0.2) is 5.12 Å². The number of allylic oxidation sites excluding steroid dienone is 1. The first kappa shape index (κ1) is 16.0. The highest BCUT2D eigenvalue weighted by atomic mass is 35.5. The number of carbonyl (C=O) groups is 1. The number of rotatable bonds is 4. The number of hydrogen-bond donors (Lipinski definition) is 0. The second kappa shape index (κ2) is 6.96. The topological polar surface area (TPSA) is 30.0 Å². The van der Waals surface area contributed by atoms with Gasteiger partial charge in [-0.3, -0.25) is 4.79 Å². The van der Waals surface area contributed by atoms with Gasteiger partial charge in [0.25, 0.3) is 0 Å². The fourth-order valence-corrected chi connectivity index (χ4v) is 1.93. The van der Waals surface area contributed by atoms with E-state index >= 15 is 0 Å². The number of carbonyl (C=O) groups excluding carboxylic acids is 1. The van der Waals surface area contributed by atoms with Crippen molar-refractivity contribution >= 4 is 34.6 Å². The first-order chi connectivity index (χ1) is 8.80. The largest absolute Gasteiger partial charge is 0.417 e. The zero-order chi connectivity index (χ0) is 14.5. The third-order valence-electron chi connectivity index (χ3n) is 2.08. The van der Waals surface area contributed by atoms with Crippen molar-refractivity contribution in [2.75, 3.05) is 5.75 Å². The van der Waals surface area contributed by atoms with Crippen LogP contribution in [0.4, 0.5) is 13.2 Å². The molecule has 0 aromatic carbocycles. The first-order valence-corrected chi connectivity index (χ1v) is 6.69. The van der Waals surface area contributed by atoms with Crippen LogP contribution in [0.5, 0.6) is 0 Å². The molecule has 0 aliphatic rings. The summed E-state index contributed by atoms with van der Waals surface area (Å²) in [6.07, 6.45) is -0.0307. The minimum atomic E-state index is -4.44. The van der Waals surface area contributed by atoms with E-state index in [9.17, 15) is 18.0 Å².